The van der Waals surface area contributed by atoms with E-state index in [2.05, 4.69) is 46.2 Å². The van der Waals surface area contributed by atoms with Gasteiger partial charge in [-0.25, -0.2) is 0 Å². The van der Waals surface area contributed by atoms with Crippen LogP contribution in [0.1, 0.15) is 81.9 Å². The van der Waals surface area contributed by atoms with E-state index in [1.165, 1.54) is 20.3 Å². The van der Waals surface area contributed by atoms with E-state index in [1.54, 1.807) is 14.2 Å². The summed E-state index contributed by atoms with van der Waals surface area (Å²) in [4.78, 5) is 36.8. The van der Waals surface area contributed by atoms with Gasteiger partial charge in [0.2, 0.25) is 11.8 Å². The van der Waals surface area contributed by atoms with E-state index >= 15 is 0 Å². The lowest BCUT2D eigenvalue weighted by Gasteiger charge is -2.26. The summed E-state index contributed by atoms with van der Waals surface area (Å²) in [6.07, 6.45) is 1.25. The number of ether oxygens (including phenoxy) is 4. The van der Waals surface area contributed by atoms with Crippen LogP contribution in [0.15, 0.2) is 112 Å². The van der Waals surface area contributed by atoms with Crippen molar-refractivity contribution in [2.24, 2.45) is 15.0 Å². The van der Waals surface area contributed by atoms with Gasteiger partial charge in [-0.3, -0.25) is 29.1 Å². The molecule has 0 fully saturated rings. The second-order valence-corrected chi connectivity index (χ2v) is 16.3. The van der Waals surface area contributed by atoms with Gasteiger partial charge in [0.05, 0.1) is 62.9 Å². The average molecular weight is 983 g/mol. The predicted molar refractivity (Wildman–Crippen MR) is 279 cm³/mol. The number of hydrogen-bond donors (Lipinski definition) is 2. The van der Waals surface area contributed by atoms with Crippen LogP contribution in [0.2, 0.25) is 10.0 Å². The number of benzodiazepines with no additional fused rings is 1. The number of aliphatic imine (C=N–C) groups is 3. The molecule has 0 spiro atoms. The number of carbonyl (C=O) groups is 2. The lowest BCUT2D eigenvalue weighted by atomic mass is 9.99. The van der Waals surface area contributed by atoms with E-state index in [9.17, 15) is 9.59 Å². The number of methoxy groups -OCH3 is 1. The third kappa shape index (κ3) is 16.7. The first kappa shape index (κ1) is 55.2. The first-order valence-corrected chi connectivity index (χ1v) is 23.5. The third-order valence-corrected chi connectivity index (χ3v) is 10.5. The minimum atomic E-state index is -0.0670. The number of benzene rings is 4. The van der Waals surface area contributed by atoms with Crippen LogP contribution in [-0.2, 0) is 25.6 Å². The molecule has 7 rings (SSSR count). The summed E-state index contributed by atoms with van der Waals surface area (Å²) in [6.45, 7) is 21.6. The van der Waals surface area contributed by atoms with Crippen molar-refractivity contribution in [3.8, 4) is 17.2 Å². The molecule has 0 saturated heterocycles. The zero-order valence-corrected chi connectivity index (χ0v) is 42.7. The molecule has 15 nitrogen and oxygen atoms in total. The fourth-order valence-electron chi connectivity index (χ4n) is 6.87. The number of hydrogen-bond acceptors (Lipinski definition) is 11. The maximum absolute atomic E-state index is 10.8. The molecule has 4 aromatic carbocycles. The molecule has 368 valence electrons. The van der Waals surface area contributed by atoms with Crippen LogP contribution in [0, 0.1) is 6.92 Å². The first-order valence-electron chi connectivity index (χ1n) is 22.8. The van der Waals surface area contributed by atoms with Gasteiger partial charge in [-0.1, -0.05) is 74.3 Å². The molecule has 1 aromatic heterocycles. The summed E-state index contributed by atoms with van der Waals surface area (Å²) in [6, 6.07) is 27.2. The molecule has 5 aromatic rings. The Hall–Kier alpha value is -6.39. The average Bonchev–Trinajstić information content (AvgIpc) is 3.52. The fraction of sp³-hybridized carbons (Fsp3) is 0.365. The molecular weight excluding hydrogens is 918 g/mol. The summed E-state index contributed by atoms with van der Waals surface area (Å²) in [7, 11) is 3.42. The van der Waals surface area contributed by atoms with E-state index in [1.807, 2.05) is 115 Å². The van der Waals surface area contributed by atoms with E-state index in [0.717, 1.165) is 80.5 Å². The van der Waals surface area contributed by atoms with Gasteiger partial charge >= 0.3 is 0 Å². The summed E-state index contributed by atoms with van der Waals surface area (Å²) < 4.78 is 24.4. The van der Waals surface area contributed by atoms with Gasteiger partial charge in [-0.2, -0.15) is 0 Å². The van der Waals surface area contributed by atoms with Crippen molar-refractivity contribution in [2.45, 2.75) is 61.4 Å². The van der Waals surface area contributed by atoms with Crippen LogP contribution in [0.3, 0.4) is 0 Å². The second-order valence-electron chi connectivity index (χ2n) is 15.4. The normalized spacial score (nSPS) is 12.5. The standard InChI is InChI=1S/C27H33ClN4O4.C18H15ClN4O.C4H9NO.C3H8/c1-19-18-31-27(22-5-7-23(28)8-6-22)25-17-24(9-10-26(25)32(19)20(2)29-4)36-16-15-35-14-13-34-12-11-30-21(3)33;1-11-21-22-17-10-20-18(12-3-5-13(19)6-4-12)15-9-14(24-2)7-8-16(15)23(11)17;1-3-5-4(2)6;1-3-2/h5-10,17H,1,11-16,18H2,2-4H3,(H,30,33);3-9H,10H2,1-2H3;3H2,1-2H3,(H,5,6);3H2,1-2H3. The number of nitrogens with one attached hydrogen (secondary N) is 2. The van der Waals surface area contributed by atoms with Crippen molar-refractivity contribution in [1.82, 2.24) is 25.4 Å². The molecule has 2 aliphatic rings. The molecule has 0 aliphatic carbocycles. The van der Waals surface area contributed by atoms with Crippen molar-refractivity contribution >= 4 is 58.0 Å². The summed E-state index contributed by atoms with van der Waals surface area (Å²) in [5.41, 5.74) is 8.38. The van der Waals surface area contributed by atoms with Crippen LogP contribution in [0.4, 0.5) is 5.69 Å². The van der Waals surface area contributed by atoms with Crippen molar-refractivity contribution < 1.29 is 28.5 Å². The summed E-state index contributed by atoms with van der Waals surface area (Å²) in [5.74, 6) is 3.95. The molecule has 2 N–H and O–H groups in total. The van der Waals surface area contributed by atoms with Crippen molar-refractivity contribution in [1.29, 1.82) is 0 Å². The Morgan fingerprint density at radius 1 is 0.710 bits per heavy atom. The Balaban J connectivity index is 0.000000268. The highest BCUT2D eigenvalue weighted by Crippen LogP contribution is 2.34. The van der Waals surface area contributed by atoms with E-state index in [4.69, 9.17) is 52.1 Å². The number of halogens is 2. The topological polar surface area (TPSA) is 166 Å². The van der Waals surface area contributed by atoms with Crippen LogP contribution in [0.25, 0.3) is 5.69 Å². The molecule has 2 aliphatic heterocycles. The van der Waals surface area contributed by atoms with Crippen molar-refractivity contribution in [3.63, 3.8) is 0 Å². The highest BCUT2D eigenvalue weighted by Gasteiger charge is 2.25. The predicted octanol–water partition coefficient (Wildman–Crippen LogP) is 9.25. The van der Waals surface area contributed by atoms with Crippen LogP contribution < -0.4 is 25.0 Å². The number of aryl methyl sites for hydroxylation is 1. The molecule has 3 heterocycles. The number of anilines is 1. The van der Waals surface area contributed by atoms with Gasteiger partial charge in [0, 0.05) is 72.0 Å². The highest BCUT2D eigenvalue weighted by atomic mass is 35.5. The quantitative estimate of drug-likeness (QED) is 0.0627. The lowest BCUT2D eigenvalue weighted by Crippen LogP contribution is -2.29. The minimum absolute atomic E-state index is 0.0394. The molecule has 0 saturated carbocycles. The highest BCUT2D eigenvalue weighted by molar-refractivity contribution is 6.31. The molecule has 2 amide bonds. The molecular formula is C52H65Cl2N9O6. The van der Waals surface area contributed by atoms with Crippen LogP contribution in [-0.4, -0.2) is 111 Å². The van der Waals surface area contributed by atoms with Crippen molar-refractivity contribution in [3.05, 3.63) is 141 Å². The minimum Gasteiger partial charge on any atom is -0.497 e. The number of nitrogens with zero attached hydrogens (tertiary/aromatic N) is 7. The van der Waals surface area contributed by atoms with Gasteiger partial charge in [-0.15, -0.1) is 10.2 Å². The Bertz CT molecular complexity index is 2560. The SMILES string of the molecule is C=C1CN=C(c2ccc(Cl)cc2)c2cc(OCCOCCOCCNC(C)=O)ccc2N1C(C)=NC.CCC.CCNC(C)=O.COc1ccc2c(c1)C(c1ccc(Cl)cc1)=NCc1nnc(C)n1-2. The fourth-order valence-corrected chi connectivity index (χ4v) is 7.12. The number of rotatable bonds is 14. The molecule has 0 atom stereocenters. The molecule has 0 radical (unpaired) electrons. The van der Waals surface area contributed by atoms with Gasteiger partial charge in [0.25, 0.3) is 0 Å². The van der Waals surface area contributed by atoms with Gasteiger partial charge in [-0.05, 0) is 81.4 Å². The summed E-state index contributed by atoms with van der Waals surface area (Å²) >= 11 is 12.1. The van der Waals surface area contributed by atoms with E-state index < -0.39 is 0 Å². The maximum Gasteiger partial charge on any atom is 0.216 e. The number of amides is 2. The second kappa shape index (κ2) is 28.8. The largest absolute Gasteiger partial charge is 0.497 e. The molecule has 0 unspecified atom stereocenters. The van der Waals surface area contributed by atoms with Gasteiger partial charge in [0.15, 0.2) is 5.82 Å². The smallest absolute Gasteiger partial charge is 0.216 e. The molecule has 17 heteroatoms. The monoisotopic (exact) mass is 981 g/mol. The van der Waals surface area contributed by atoms with Crippen molar-refractivity contribution in [2.75, 3.05) is 71.7 Å². The number of amidine groups is 1. The lowest BCUT2D eigenvalue weighted by molar-refractivity contribution is -0.119. The van der Waals surface area contributed by atoms with Gasteiger partial charge in [0.1, 0.15) is 36.3 Å². The Kier molecular flexibility index (Phi) is 23.1. The van der Waals surface area contributed by atoms with E-state index in [0.29, 0.717) is 68.5 Å². The zero-order chi connectivity index (χ0) is 50.3. The Morgan fingerprint density at radius 3 is 1.78 bits per heavy atom. The Morgan fingerprint density at radius 2 is 1.23 bits per heavy atom. The van der Waals surface area contributed by atoms with Crippen LogP contribution in [0.5, 0.6) is 11.5 Å². The number of carbonyl (C=O) groups excluding carboxylic acids is 2. The first-order chi connectivity index (χ1) is 33.3. The van der Waals surface area contributed by atoms with Gasteiger partial charge < -0.3 is 34.5 Å². The Labute approximate surface area is 416 Å². The number of aromatic nitrogens is 3. The molecule has 0 bridgehead atoms. The third-order valence-electron chi connectivity index (χ3n) is 9.97. The zero-order valence-electron chi connectivity index (χ0n) is 41.2. The van der Waals surface area contributed by atoms with Crippen LogP contribution >= 0.6 is 23.2 Å². The summed E-state index contributed by atoms with van der Waals surface area (Å²) in [5, 5.41) is 15.1. The maximum atomic E-state index is 10.8. The molecule has 69 heavy (non-hydrogen) atoms. The number of fused-ring (bicyclic) bond motifs is 4. The van der Waals surface area contributed by atoms with E-state index in [-0.39, 0.29) is 11.8 Å².